The molecule has 3 heteroatoms. The molecule has 86 valence electrons. The molecule has 0 spiro atoms. The van der Waals surface area contributed by atoms with Crippen molar-refractivity contribution in [1.82, 2.24) is 9.78 Å². The van der Waals surface area contributed by atoms with Gasteiger partial charge in [-0.1, -0.05) is 27.2 Å². The standard InChI is InChI=1S/C12H21ClN2/c1-4-7-12-10(8-13)9-14-15(12)11(5-2)6-3/h9,11H,4-8H2,1-3H3. The molecule has 0 aromatic carbocycles. The van der Waals surface area contributed by atoms with Gasteiger partial charge in [0.05, 0.1) is 18.1 Å². The van der Waals surface area contributed by atoms with Gasteiger partial charge in [0.15, 0.2) is 0 Å². The molecule has 0 radical (unpaired) electrons. The molecule has 1 rings (SSSR count). The maximum Gasteiger partial charge on any atom is 0.0536 e. The lowest BCUT2D eigenvalue weighted by Gasteiger charge is -2.17. The lowest BCUT2D eigenvalue weighted by atomic mass is 10.1. The Morgan fingerprint density at radius 2 is 2.00 bits per heavy atom. The summed E-state index contributed by atoms with van der Waals surface area (Å²) in [6.45, 7) is 6.63. The molecular weight excluding hydrogens is 208 g/mol. The van der Waals surface area contributed by atoms with Crippen molar-refractivity contribution in [1.29, 1.82) is 0 Å². The average Bonchev–Trinajstić information content (AvgIpc) is 2.64. The summed E-state index contributed by atoms with van der Waals surface area (Å²) in [5.41, 5.74) is 2.53. The zero-order chi connectivity index (χ0) is 11.3. The van der Waals surface area contributed by atoms with E-state index >= 15 is 0 Å². The van der Waals surface area contributed by atoms with Gasteiger partial charge in [0.25, 0.3) is 0 Å². The van der Waals surface area contributed by atoms with Crippen LogP contribution in [0.4, 0.5) is 0 Å². The van der Waals surface area contributed by atoms with E-state index in [-0.39, 0.29) is 0 Å². The van der Waals surface area contributed by atoms with Gasteiger partial charge in [-0.15, -0.1) is 11.6 Å². The van der Waals surface area contributed by atoms with Crippen LogP contribution in [0.25, 0.3) is 0 Å². The predicted octanol–water partition coefficient (Wildman–Crippen LogP) is 3.94. The molecule has 1 heterocycles. The molecule has 0 aliphatic heterocycles. The highest BCUT2D eigenvalue weighted by atomic mass is 35.5. The number of halogens is 1. The first kappa shape index (κ1) is 12.6. The lowest BCUT2D eigenvalue weighted by Crippen LogP contribution is -2.12. The fourth-order valence-corrected chi connectivity index (χ4v) is 2.22. The van der Waals surface area contributed by atoms with E-state index < -0.39 is 0 Å². The van der Waals surface area contributed by atoms with Gasteiger partial charge in [-0.05, 0) is 19.3 Å². The smallest absolute Gasteiger partial charge is 0.0536 e. The largest absolute Gasteiger partial charge is 0.266 e. The first-order valence-corrected chi connectivity index (χ1v) is 6.43. The SMILES string of the molecule is CCCc1c(CCl)cnn1C(CC)CC. The quantitative estimate of drug-likeness (QED) is 0.675. The Labute approximate surface area is 97.6 Å². The Kier molecular flexibility index (Phi) is 5.16. The van der Waals surface area contributed by atoms with Crippen LogP contribution in [0.5, 0.6) is 0 Å². The summed E-state index contributed by atoms with van der Waals surface area (Å²) in [6, 6.07) is 0.531. The normalized spacial score (nSPS) is 11.3. The summed E-state index contributed by atoms with van der Waals surface area (Å²) in [5, 5.41) is 4.48. The van der Waals surface area contributed by atoms with E-state index in [1.165, 1.54) is 11.3 Å². The van der Waals surface area contributed by atoms with Crippen LogP contribution in [0, 0.1) is 0 Å². The summed E-state index contributed by atoms with van der Waals surface area (Å²) >= 11 is 5.92. The second-order valence-electron chi connectivity index (χ2n) is 3.92. The maximum absolute atomic E-state index is 5.92. The molecule has 0 saturated carbocycles. The van der Waals surface area contributed by atoms with E-state index in [0.29, 0.717) is 11.9 Å². The molecule has 1 aromatic rings. The molecule has 0 amide bonds. The molecule has 0 saturated heterocycles. The number of nitrogens with zero attached hydrogens (tertiary/aromatic N) is 2. The Bertz CT molecular complexity index is 290. The van der Waals surface area contributed by atoms with E-state index in [0.717, 1.165) is 25.7 Å². The van der Waals surface area contributed by atoms with Crippen molar-refractivity contribution in [2.75, 3.05) is 0 Å². The van der Waals surface area contributed by atoms with Crippen molar-refractivity contribution in [2.45, 2.75) is 58.4 Å². The second-order valence-corrected chi connectivity index (χ2v) is 4.18. The highest BCUT2D eigenvalue weighted by Gasteiger charge is 2.14. The minimum Gasteiger partial charge on any atom is -0.266 e. The maximum atomic E-state index is 5.92. The molecule has 1 aromatic heterocycles. The molecule has 0 unspecified atom stereocenters. The molecule has 15 heavy (non-hydrogen) atoms. The van der Waals surface area contributed by atoms with Crippen LogP contribution in [0.1, 0.15) is 57.3 Å². The van der Waals surface area contributed by atoms with E-state index in [4.69, 9.17) is 11.6 Å². The third-order valence-electron chi connectivity index (χ3n) is 2.90. The van der Waals surface area contributed by atoms with Crippen LogP contribution in [0.15, 0.2) is 6.20 Å². The van der Waals surface area contributed by atoms with Crippen LogP contribution >= 0.6 is 11.6 Å². The van der Waals surface area contributed by atoms with Gasteiger partial charge in [0.1, 0.15) is 0 Å². The van der Waals surface area contributed by atoms with Gasteiger partial charge in [0.2, 0.25) is 0 Å². The third kappa shape index (κ3) is 2.75. The summed E-state index contributed by atoms with van der Waals surface area (Å²) < 4.78 is 2.18. The Hall–Kier alpha value is -0.500. The Morgan fingerprint density at radius 1 is 1.33 bits per heavy atom. The van der Waals surface area contributed by atoms with Crippen LogP contribution in [0.3, 0.4) is 0 Å². The van der Waals surface area contributed by atoms with Gasteiger partial charge in [0, 0.05) is 11.3 Å². The van der Waals surface area contributed by atoms with Crippen molar-refractivity contribution in [3.05, 3.63) is 17.5 Å². The molecule has 0 N–H and O–H groups in total. The van der Waals surface area contributed by atoms with Gasteiger partial charge in [-0.25, -0.2) is 0 Å². The fourth-order valence-electron chi connectivity index (χ4n) is 2.00. The first-order valence-electron chi connectivity index (χ1n) is 5.89. The van der Waals surface area contributed by atoms with E-state index in [9.17, 15) is 0 Å². The topological polar surface area (TPSA) is 17.8 Å². The molecular formula is C12H21ClN2. The highest BCUT2D eigenvalue weighted by Crippen LogP contribution is 2.22. The van der Waals surface area contributed by atoms with Crippen LogP contribution in [0.2, 0.25) is 0 Å². The summed E-state index contributed by atoms with van der Waals surface area (Å²) in [7, 11) is 0. The Balaban J connectivity index is 2.99. The molecule has 0 bridgehead atoms. The molecule has 0 fully saturated rings. The fraction of sp³-hybridized carbons (Fsp3) is 0.750. The zero-order valence-corrected chi connectivity index (χ0v) is 10.7. The van der Waals surface area contributed by atoms with Gasteiger partial charge in [-0.3, -0.25) is 4.68 Å². The molecule has 0 atom stereocenters. The van der Waals surface area contributed by atoms with Gasteiger partial charge in [-0.2, -0.15) is 5.10 Å². The average molecular weight is 229 g/mol. The zero-order valence-electron chi connectivity index (χ0n) is 9.96. The van der Waals surface area contributed by atoms with Crippen LogP contribution < -0.4 is 0 Å². The molecule has 2 nitrogen and oxygen atoms in total. The Morgan fingerprint density at radius 3 is 2.47 bits per heavy atom. The number of aromatic nitrogens is 2. The number of rotatable bonds is 6. The minimum absolute atomic E-state index is 0.531. The lowest BCUT2D eigenvalue weighted by molar-refractivity contribution is 0.413. The number of alkyl halides is 1. The molecule has 0 aliphatic carbocycles. The third-order valence-corrected chi connectivity index (χ3v) is 3.19. The molecule has 0 aliphatic rings. The summed E-state index contributed by atoms with van der Waals surface area (Å²) in [5.74, 6) is 0.579. The van der Waals surface area contributed by atoms with Gasteiger partial charge < -0.3 is 0 Å². The van der Waals surface area contributed by atoms with Crippen LogP contribution in [-0.4, -0.2) is 9.78 Å². The van der Waals surface area contributed by atoms with Crippen molar-refractivity contribution >= 4 is 11.6 Å². The van der Waals surface area contributed by atoms with E-state index in [1.54, 1.807) is 0 Å². The highest BCUT2D eigenvalue weighted by molar-refractivity contribution is 6.17. The number of hydrogen-bond acceptors (Lipinski definition) is 1. The minimum atomic E-state index is 0.531. The second kappa shape index (κ2) is 6.16. The van der Waals surface area contributed by atoms with Crippen molar-refractivity contribution in [3.63, 3.8) is 0 Å². The van der Waals surface area contributed by atoms with E-state index in [1.807, 2.05) is 6.20 Å². The first-order chi connectivity index (χ1) is 7.28. The van der Waals surface area contributed by atoms with Crippen molar-refractivity contribution in [3.8, 4) is 0 Å². The predicted molar refractivity (Wildman–Crippen MR) is 65.4 cm³/mol. The van der Waals surface area contributed by atoms with Crippen LogP contribution in [-0.2, 0) is 12.3 Å². The van der Waals surface area contributed by atoms with Crippen molar-refractivity contribution < 1.29 is 0 Å². The number of hydrogen-bond donors (Lipinski definition) is 0. The summed E-state index contributed by atoms with van der Waals surface area (Å²) in [6.07, 6.45) is 6.43. The summed E-state index contributed by atoms with van der Waals surface area (Å²) in [4.78, 5) is 0. The van der Waals surface area contributed by atoms with Gasteiger partial charge >= 0.3 is 0 Å². The monoisotopic (exact) mass is 228 g/mol. The van der Waals surface area contributed by atoms with E-state index in [2.05, 4.69) is 30.6 Å². The van der Waals surface area contributed by atoms with Crippen molar-refractivity contribution in [2.24, 2.45) is 0 Å².